The molecule has 5 bridgehead atoms. The number of aliphatic hydroxyl groups is 2. The number of aliphatic hydroxyl groups excluding tert-OH is 2. The highest BCUT2D eigenvalue weighted by Gasteiger charge is 2.50. The van der Waals surface area contributed by atoms with E-state index in [1.54, 1.807) is 39.8 Å². The smallest absolute Gasteiger partial charge is 0.312 e. The Morgan fingerprint density at radius 3 is 2.26 bits per heavy atom. The van der Waals surface area contributed by atoms with Crippen molar-refractivity contribution in [2.45, 2.75) is 85.6 Å². The Morgan fingerprint density at radius 1 is 0.947 bits per heavy atom. The fraction of sp³-hybridized carbons (Fsp3) is 0.512. The number of phenolic OH excluding ortho intramolecular Hbond substituents is 3. The van der Waals surface area contributed by atoms with Crippen molar-refractivity contribution in [3.8, 4) is 23.0 Å². The van der Waals surface area contributed by atoms with Gasteiger partial charge in [0.25, 0.3) is 11.7 Å². The van der Waals surface area contributed by atoms with Gasteiger partial charge in [-0.05, 0) is 19.9 Å². The van der Waals surface area contributed by atoms with Crippen LogP contribution in [0.2, 0.25) is 0 Å². The number of nitrogens with one attached hydrogen (secondary N) is 1. The molecular formula is C41H54N2O14. The van der Waals surface area contributed by atoms with Crippen molar-refractivity contribution in [2.24, 2.45) is 28.8 Å². The van der Waals surface area contributed by atoms with Crippen molar-refractivity contribution in [2.75, 3.05) is 32.8 Å². The van der Waals surface area contributed by atoms with Gasteiger partial charge in [-0.3, -0.25) is 14.4 Å². The molecule has 3 heterocycles. The SMILES string of the molecule is COCCO/N=C/c1c2c(O)c3c(O)c(C)c4c(c3c1O)C(=O)[C@@](C)(O/C=C/[C@H](OC)[C@@H](C)[C@@H](OC(C)=O)[C@H](C)[C@H](O)[C@H](C)[C@@H](O)[C@H](C)/C=C/C=C(/C)C(=O)N2)O4. The number of methoxy groups -OCH3 is 2. The molecule has 0 saturated heterocycles. The van der Waals surface area contributed by atoms with Crippen molar-refractivity contribution < 1.29 is 68.4 Å². The predicted molar refractivity (Wildman–Crippen MR) is 209 cm³/mol. The number of fused-ring (bicyclic) bond motifs is 14. The summed E-state index contributed by atoms with van der Waals surface area (Å²) >= 11 is 0. The average molecular weight is 799 g/mol. The number of hydrogen-bond acceptors (Lipinski definition) is 15. The zero-order valence-corrected chi connectivity index (χ0v) is 33.9. The highest BCUT2D eigenvalue weighted by molar-refractivity contribution is 6.23. The standard InChI is InChI=1S/C41H54N2O14/c1-19-12-11-13-20(2)40(51)43-31-26(18-42-55-17-16-52-9)35(48)28-29(36(31)49)34(47)24(6)38-30(28)39(50)41(8,57-38)54-15-14-27(53-10)21(3)37(56-25(7)44)23(5)33(46)22(4)32(19)45/h11-15,18-19,21-23,27,32-33,37,45-49H,16-17H2,1-10H3,(H,43,51)/b12-11+,15-14+,20-13-,42-18+/t19-,21-,22-,23-,27+,32+,33-,37-,41+/m1/s1. The normalized spacial score (nSPS) is 30.7. The van der Waals surface area contributed by atoms with Gasteiger partial charge in [0, 0.05) is 68.3 Å². The van der Waals surface area contributed by atoms with Crippen molar-refractivity contribution in [1.29, 1.82) is 0 Å². The van der Waals surface area contributed by atoms with Gasteiger partial charge in [-0.2, -0.15) is 0 Å². The molecule has 0 spiro atoms. The maximum Gasteiger partial charge on any atom is 0.312 e. The molecule has 312 valence electrons. The van der Waals surface area contributed by atoms with Crippen molar-refractivity contribution >= 4 is 40.3 Å². The van der Waals surface area contributed by atoms with Crippen LogP contribution in [0.1, 0.15) is 70.0 Å². The Bertz CT molecular complexity index is 1970. The Labute approximate surface area is 331 Å². The van der Waals surface area contributed by atoms with Gasteiger partial charge in [0.15, 0.2) is 5.75 Å². The van der Waals surface area contributed by atoms with Crippen LogP contribution in [-0.4, -0.2) is 107 Å². The maximum atomic E-state index is 14.3. The highest BCUT2D eigenvalue weighted by Crippen LogP contribution is 2.55. The molecule has 1 amide bonds. The molecule has 0 unspecified atom stereocenters. The number of Topliss-reactive ketones (excluding diaryl/α,β-unsaturated/α-hetero) is 1. The van der Waals surface area contributed by atoms with E-state index in [4.69, 9.17) is 28.5 Å². The Kier molecular flexibility index (Phi) is 14.4. The van der Waals surface area contributed by atoms with Crippen molar-refractivity contribution in [3.63, 3.8) is 0 Å². The Morgan fingerprint density at radius 2 is 1.63 bits per heavy atom. The van der Waals surface area contributed by atoms with E-state index >= 15 is 0 Å². The number of nitrogens with zero attached hydrogens (tertiary/aromatic N) is 1. The lowest BCUT2D eigenvalue weighted by atomic mass is 9.78. The van der Waals surface area contributed by atoms with E-state index in [9.17, 15) is 39.9 Å². The largest absolute Gasteiger partial charge is 0.507 e. The lowest BCUT2D eigenvalue weighted by Gasteiger charge is -2.38. The Hall–Kier alpha value is -5.16. The second-order valence-electron chi connectivity index (χ2n) is 14.7. The van der Waals surface area contributed by atoms with Crippen LogP contribution in [0.5, 0.6) is 23.0 Å². The molecule has 3 aliphatic heterocycles. The second-order valence-corrected chi connectivity index (χ2v) is 14.7. The molecule has 2 aromatic rings. The molecule has 0 radical (unpaired) electrons. The fourth-order valence-corrected chi connectivity index (χ4v) is 7.14. The van der Waals surface area contributed by atoms with Crippen molar-refractivity contribution in [3.05, 3.63) is 52.8 Å². The summed E-state index contributed by atoms with van der Waals surface area (Å²) in [6.45, 7) is 12.6. The zero-order valence-electron chi connectivity index (χ0n) is 33.9. The first-order chi connectivity index (χ1) is 26.8. The van der Waals surface area contributed by atoms with Crippen LogP contribution in [0.4, 0.5) is 5.69 Å². The fourth-order valence-electron chi connectivity index (χ4n) is 7.14. The van der Waals surface area contributed by atoms with Gasteiger partial charge in [-0.15, -0.1) is 0 Å². The molecule has 0 aliphatic carbocycles. The Balaban J connectivity index is 1.96. The molecule has 6 N–H and O–H groups in total. The van der Waals surface area contributed by atoms with E-state index in [0.717, 1.165) is 6.21 Å². The summed E-state index contributed by atoms with van der Waals surface area (Å²) in [6, 6.07) is 0. The number of carbonyl (C=O) groups is 3. The molecule has 0 saturated carbocycles. The zero-order chi connectivity index (χ0) is 42.5. The van der Waals surface area contributed by atoms with Gasteiger partial charge >= 0.3 is 11.8 Å². The van der Waals surface area contributed by atoms with E-state index in [1.807, 2.05) is 0 Å². The number of carbonyl (C=O) groups excluding carboxylic acids is 3. The van der Waals surface area contributed by atoms with Gasteiger partial charge in [0.05, 0.1) is 59.6 Å². The first-order valence-electron chi connectivity index (χ1n) is 18.5. The quantitative estimate of drug-likeness (QED) is 0.0555. The average Bonchev–Trinajstić information content (AvgIpc) is 3.43. The van der Waals surface area contributed by atoms with Crippen LogP contribution in [-0.2, 0) is 33.4 Å². The lowest BCUT2D eigenvalue weighted by Crippen LogP contribution is -2.46. The minimum atomic E-state index is -2.07. The molecule has 16 heteroatoms. The number of hydrogen-bond donors (Lipinski definition) is 6. The molecule has 2 aromatic carbocycles. The second kappa shape index (κ2) is 18.4. The minimum absolute atomic E-state index is 0.0190. The highest BCUT2D eigenvalue weighted by atomic mass is 16.7. The molecule has 5 rings (SSSR count). The number of esters is 1. The number of rotatable bonds is 7. The number of aromatic hydroxyl groups is 3. The molecule has 9 atom stereocenters. The van der Waals surface area contributed by atoms with Crippen LogP contribution >= 0.6 is 0 Å². The topological polar surface area (TPSA) is 232 Å². The number of benzene rings is 2. The first-order valence-corrected chi connectivity index (χ1v) is 18.5. The van der Waals surface area contributed by atoms with Crippen LogP contribution in [0.3, 0.4) is 0 Å². The number of phenols is 3. The summed E-state index contributed by atoms with van der Waals surface area (Å²) in [6.07, 6.45) is 4.41. The number of ether oxygens (including phenoxy) is 5. The van der Waals surface area contributed by atoms with E-state index < -0.39 is 88.8 Å². The molecular weight excluding hydrogens is 744 g/mol. The number of allylic oxidation sites excluding steroid dienone is 2. The van der Waals surface area contributed by atoms with E-state index in [0.29, 0.717) is 0 Å². The van der Waals surface area contributed by atoms with Gasteiger partial charge < -0.3 is 59.4 Å². The van der Waals surface area contributed by atoms with E-state index in [-0.39, 0.29) is 57.7 Å². The third-order valence-electron chi connectivity index (χ3n) is 10.7. The van der Waals surface area contributed by atoms with Gasteiger partial charge in [-0.1, -0.05) is 51.1 Å². The van der Waals surface area contributed by atoms with Crippen LogP contribution in [0, 0.1) is 30.6 Å². The maximum absolute atomic E-state index is 14.3. The molecule has 3 aliphatic rings. The number of anilines is 1. The molecule has 16 nitrogen and oxygen atoms in total. The van der Waals surface area contributed by atoms with Crippen LogP contribution < -0.4 is 10.1 Å². The summed E-state index contributed by atoms with van der Waals surface area (Å²) in [7, 11) is 2.88. The van der Waals surface area contributed by atoms with E-state index in [2.05, 4.69) is 10.5 Å². The molecule has 57 heavy (non-hydrogen) atoms. The van der Waals surface area contributed by atoms with E-state index in [1.165, 1.54) is 60.3 Å². The van der Waals surface area contributed by atoms with Gasteiger partial charge in [0.1, 0.15) is 30.0 Å². The summed E-state index contributed by atoms with van der Waals surface area (Å²) in [5.74, 6) is -8.75. The van der Waals surface area contributed by atoms with Crippen LogP contribution in [0.15, 0.2) is 41.3 Å². The number of oxime groups is 1. The summed E-state index contributed by atoms with van der Waals surface area (Å²) in [5, 5.41) is 63.6. The summed E-state index contributed by atoms with van der Waals surface area (Å²) < 4.78 is 28.4. The summed E-state index contributed by atoms with van der Waals surface area (Å²) in [4.78, 5) is 45.4. The number of amides is 1. The first kappa shape index (κ1) is 44.6. The van der Waals surface area contributed by atoms with Crippen molar-refractivity contribution in [1.82, 2.24) is 0 Å². The third-order valence-corrected chi connectivity index (χ3v) is 10.7. The van der Waals surface area contributed by atoms with Gasteiger partial charge in [-0.25, -0.2) is 0 Å². The number of ketones is 1. The predicted octanol–water partition coefficient (Wildman–Crippen LogP) is 4.75. The molecule has 0 fully saturated rings. The van der Waals surface area contributed by atoms with Crippen LogP contribution in [0.25, 0.3) is 10.8 Å². The third kappa shape index (κ3) is 9.04. The van der Waals surface area contributed by atoms with Gasteiger partial charge in [0.2, 0.25) is 0 Å². The lowest BCUT2D eigenvalue weighted by molar-refractivity contribution is -0.160. The molecule has 0 aromatic heterocycles. The monoisotopic (exact) mass is 798 g/mol. The minimum Gasteiger partial charge on any atom is -0.507 e. The summed E-state index contributed by atoms with van der Waals surface area (Å²) in [5.41, 5.74) is -0.699.